The summed E-state index contributed by atoms with van der Waals surface area (Å²) in [4.78, 5) is 39.8. The van der Waals surface area contributed by atoms with Crippen LogP contribution < -0.4 is 10.2 Å². The fourth-order valence-electron chi connectivity index (χ4n) is 2.77. The van der Waals surface area contributed by atoms with Crippen molar-refractivity contribution in [1.82, 2.24) is 4.90 Å². The van der Waals surface area contributed by atoms with E-state index < -0.39 is 0 Å². The van der Waals surface area contributed by atoms with Gasteiger partial charge in [0, 0.05) is 25.9 Å². The third-order valence-corrected chi connectivity index (χ3v) is 4.14. The average molecular weight is 331 g/mol. The first kappa shape index (κ1) is 18.0. The first-order valence-corrected chi connectivity index (χ1v) is 8.53. The lowest BCUT2D eigenvalue weighted by molar-refractivity contribution is -0.133. The number of nitrogens with zero attached hydrogens (tertiary/aromatic N) is 2. The van der Waals surface area contributed by atoms with Gasteiger partial charge < -0.3 is 15.1 Å². The molecule has 0 aliphatic carbocycles. The molecule has 1 heterocycles. The molecule has 1 aromatic carbocycles. The van der Waals surface area contributed by atoms with Crippen molar-refractivity contribution in [3.8, 4) is 0 Å². The second-order valence-corrected chi connectivity index (χ2v) is 5.87. The highest BCUT2D eigenvalue weighted by Gasteiger charge is 2.27. The lowest BCUT2D eigenvalue weighted by Crippen LogP contribution is -2.42. The predicted octanol–water partition coefficient (Wildman–Crippen LogP) is 2.40. The van der Waals surface area contributed by atoms with Crippen LogP contribution in [0.2, 0.25) is 0 Å². The van der Waals surface area contributed by atoms with Crippen LogP contribution in [0.3, 0.4) is 0 Å². The second-order valence-electron chi connectivity index (χ2n) is 5.87. The third-order valence-electron chi connectivity index (χ3n) is 4.14. The van der Waals surface area contributed by atoms with Crippen LogP contribution in [0.4, 0.5) is 11.4 Å². The van der Waals surface area contributed by atoms with Crippen LogP contribution in [0.5, 0.6) is 0 Å². The van der Waals surface area contributed by atoms with Crippen molar-refractivity contribution < 1.29 is 14.4 Å². The largest absolute Gasteiger partial charge is 0.343 e. The number of unbranched alkanes of at least 4 members (excludes halogenated alkanes) is 1. The highest BCUT2D eigenvalue weighted by Crippen LogP contribution is 2.29. The molecule has 130 valence electrons. The first-order chi connectivity index (χ1) is 11.6. The van der Waals surface area contributed by atoms with Gasteiger partial charge in [-0.05, 0) is 25.5 Å². The van der Waals surface area contributed by atoms with Gasteiger partial charge in [-0.2, -0.15) is 0 Å². The number of fused-ring (bicyclic) bond motifs is 1. The molecule has 1 aromatic rings. The average Bonchev–Trinajstić information content (AvgIpc) is 2.59. The van der Waals surface area contributed by atoms with Crippen LogP contribution in [0.1, 0.15) is 39.5 Å². The molecule has 0 spiro atoms. The quantitative estimate of drug-likeness (QED) is 0.834. The minimum atomic E-state index is -0.216. The van der Waals surface area contributed by atoms with Crippen molar-refractivity contribution in [2.45, 2.75) is 39.5 Å². The lowest BCUT2D eigenvalue weighted by atomic mass is 10.1. The number of carbonyl (C=O) groups excluding carboxylic acids is 3. The van der Waals surface area contributed by atoms with Crippen molar-refractivity contribution in [3.05, 3.63) is 24.3 Å². The molecule has 0 saturated carbocycles. The van der Waals surface area contributed by atoms with E-state index in [0.717, 1.165) is 19.4 Å². The van der Waals surface area contributed by atoms with E-state index in [1.807, 2.05) is 19.1 Å². The molecule has 1 aliphatic heterocycles. The molecule has 0 bridgehead atoms. The molecule has 0 aromatic heterocycles. The van der Waals surface area contributed by atoms with Crippen molar-refractivity contribution in [3.63, 3.8) is 0 Å². The van der Waals surface area contributed by atoms with E-state index in [4.69, 9.17) is 0 Å². The second kappa shape index (κ2) is 8.47. The maximum atomic E-state index is 12.5. The van der Waals surface area contributed by atoms with E-state index in [1.165, 1.54) is 4.90 Å². The molecule has 6 nitrogen and oxygen atoms in total. The number of anilines is 2. The van der Waals surface area contributed by atoms with E-state index in [9.17, 15) is 14.4 Å². The van der Waals surface area contributed by atoms with Crippen LogP contribution >= 0.6 is 0 Å². The number of hydrogen-bond donors (Lipinski definition) is 1. The molecule has 1 aliphatic rings. The number of hydrogen-bond acceptors (Lipinski definition) is 3. The predicted molar refractivity (Wildman–Crippen MR) is 93.8 cm³/mol. The van der Waals surface area contributed by atoms with Crippen molar-refractivity contribution >= 4 is 29.1 Å². The zero-order valence-corrected chi connectivity index (χ0v) is 14.4. The van der Waals surface area contributed by atoms with Crippen LogP contribution in [0, 0.1) is 0 Å². The Labute approximate surface area is 142 Å². The summed E-state index contributed by atoms with van der Waals surface area (Å²) in [5.41, 5.74) is 1.32. The Morgan fingerprint density at radius 1 is 1.21 bits per heavy atom. The minimum absolute atomic E-state index is 0.00262. The van der Waals surface area contributed by atoms with E-state index in [1.54, 1.807) is 17.0 Å². The summed E-state index contributed by atoms with van der Waals surface area (Å²) in [6, 6.07) is 7.20. The number of benzene rings is 1. The monoisotopic (exact) mass is 331 g/mol. The maximum Gasteiger partial charge on any atom is 0.244 e. The number of rotatable bonds is 7. The van der Waals surface area contributed by atoms with Crippen LogP contribution in [0.25, 0.3) is 0 Å². The molecular weight excluding hydrogens is 306 g/mol. The Morgan fingerprint density at radius 2 is 1.96 bits per heavy atom. The molecule has 3 amide bonds. The van der Waals surface area contributed by atoms with Gasteiger partial charge >= 0.3 is 0 Å². The van der Waals surface area contributed by atoms with Gasteiger partial charge in [0.25, 0.3) is 0 Å². The van der Waals surface area contributed by atoms with E-state index >= 15 is 0 Å². The smallest absolute Gasteiger partial charge is 0.244 e. The summed E-state index contributed by atoms with van der Waals surface area (Å²) in [7, 11) is 0. The van der Waals surface area contributed by atoms with Gasteiger partial charge in [-0.15, -0.1) is 0 Å². The van der Waals surface area contributed by atoms with Crippen LogP contribution in [-0.4, -0.2) is 42.3 Å². The summed E-state index contributed by atoms with van der Waals surface area (Å²) in [5.74, 6) is -0.419. The van der Waals surface area contributed by atoms with E-state index in [0.29, 0.717) is 17.9 Å². The summed E-state index contributed by atoms with van der Waals surface area (Å²) in [5, 5.41) is 2.75. The molecule has 2 rings (SSSR count). The molecule has 0 saturated heterocycles. The molecular formula is C18H25N3O3. The molecule has 1 N–H and O–H groups in total. The Morgan fingerprint density at radius 3 is 2.67 bits per heavy atom. The molecule has 0 radical (unpaired) electrons. The number of amides is 3. The van der Waals surface area contributed by atoms with Gasteiger partial charge in [-0.3, -0.25) is 14.4 Å². The van der Waals surface area contributed by atoms with Gasteiger partial charge in [-0.1, -0.05) is 25.5 Å². The van der Waals surface area contributed by atoms with Crippen LogP contribution in [-0.2, 0) is 14.4 Å². The number of carbonyl (C=O) groups is 3. The van der Waals surface area contributed by atoms with Gasteiger partial charge in [0.15, 0.2) is 0 Å². The fourth-order valence-corrected chi connectivity index (χ4v) is 2.77. The Bertz CT molecular complexity index is 615. The maximum absolute atomic E-state index is 12.5. The van der Waals surface area contributed by atoms with Gasteiger partial charge in [-0.25, -0.2) is 0 Å². The van der Waals surface area contributed by atoms with E-state index in [-0.39, 0.29) is 37.1 Å². The Balaban J connectivity index is 1.97. The number of para-hydroxylation sites is 2. The highest BCUT2D eigenvalue weighted by molar-refractivity contribution is 6.10. The Kier molecular flexibility index (Phi) is 6.35. The topological polar surface area (TPSA) is 69.7 Å². The minimum Gasteiger partial charge on any atom is -0.343 e. The molecule has 24 heavy (non-hydrogen) atoms. The molecule has 0 atom stereocenters. The summed E-state index contributed by atoms with van der Waals surface area (Å²) < 4.78 is 0. The zero-order chi connectivity index (χ0) is 17.5. The summed E-state index contributed by atoms with van der Waals surface area (Å²) >= 11 is 0. The fraction of sp³-hybridized carbons (Fsp3) is 0.500. The zero-order valence-electron chi connectivity index (χ0n) is 14.4. The number of nitrogens with one attached hydrogen (secondary N) is 1. The van der Waals surface area contributed by atoms with Crippen molar-refractivity contribution in [1.29, 1.82) is 0 Å². The highest BCUT2D eigenvalue weighted by atomic mass is 16.2. The van der Waals surface area contributed by atoms with E-state index in [2.05, 4.69) is 12.2 Å². The van der Waals surface area contributed by atoms with Gasteiger partial charge in [0.2, 0.25) is 17.7 Å². The van der Waals surface area contributed by atoms with Gasteiger partial charge in [0.1, 0.15) is 6.54 Å². The van der Waals surface area contributed by atoms with Gasteiger partial charge in [0.05, 0.1) is 11.4 Å². The van der Waals surface area contributed by atoms with Crippen LogP contribution in [0.15, 0.2) is 24.3 Å². The lowest BCUT2D eigenvalue weighted by Gasteiger charge is -2.29. The first-order valence-electron chi connectivity index (χ1n) is 8.53. The summed E-state index contributed by atoms with van der Waals surface area (Å²) in [6.45, 7) is 5.41. The SMILES string of the molecule is CCCCN(CC)C(=O)CCC(=O)N1CC(=O)Nc2ccccc21. The summed E-state index contributed by atoms with van der Waals surface area (Å²) in [6.07, 6.45) is 2.29. The standard InChI is InChI=1S/C18H25N3O3/c1-3-5-12-20(4-2)17(23)10-11-18(24)21-13-16(22)19-14-8-6-7-9-15(14)21/h6-9H,3-5,10-13H2,1-2H3,(H,19,22). The Hall–Kier alpha value is -2.37. The van der Waals surface area contributed by atoms with Crippen molar-refractivity contribution in [2.24, 2.45) is 0 Å². The third kappa shape index (κ3) is 4.34. The molecule has 0 fully saturated rings. The molecule has 6 heteroatoms. The normalized spacial score (nSPS) is 13.2. The van der Waals surface area contributed by atoms with Crippen molar-refractivity contribution in [2.75, 3.05) is 29.9 Å². The molecule has 0 unspecified atom stereocenters.